The van der Waals surface area contributed by atoms with E-state index in [2.05, 4.69) is 5.32 Å². The number of primary amides is 1. The minimum absolute atomic E-state index is 0.0155. The van der Waals surface area contributed by atoms with Crippen molar-refractivity contribution in [2.45, 2.75) is 12.6 Å². The number of hydrogen-bond donors (Lipinski definition) is 2. The second-order valence-electron chi connectivity index (χ2n) is 6.73. The number of nitrogens with one attached hydrogen (secondary N) is 1. The van der Waals surface area contributed by atoms with Crippen LogP contribution < -0.4 is 15.8 Å². The van der Waals surface area contributed by atoms with E-state index in [1.54, 1.807) is 36.4 Å². The van der Waals surface area contributed by atoms with Gasteiger partial charge in [-0.2, -0.15) is 13.2 Å². The lowest BCUT2D eigenvalue weighted by atomic mass is 10.1. The SMILES string of the molecule is NC(=O)c1cccc(CCNC(=O)c2cccc(Oc3cccc(C(F)(F)F)c3)c2)c1. The molecule has 5 nitrogen and oxygen atoms in total. The molecule has 0 aliphatic rings. The molecule has 0 heterocycles. The molecule has 0 saturated carbocycles. The molecule has 0 atom stereocenters. The number of amides is 2. The van der Waals surface area contributed by atoms with Gasteiger partial charge in [0.25, 0.3) is 5.91 Å². The maximum atomic E-state index is 12.8. The molecular weight excluding hydrogens is 409 g/mol. The highest BCUT2D eigenvalue weighted by molar-refractivity contribution is 5.94. The second-order valence-corrected chi connectivity index (χ2v) is 6.73. The van der Waals surface area contributed by atoms with Gasteiger partial charge in [0.2, 0.25) is 5.91 Å². The van der Waals surface area contributed by atoms with Gasteiger partial charge in [-0.05, 0) is 60.5 Å². The summed E-state index contributed by atoms with van der Waals surface area (Å²) in [6.07, 6.45) is -3.98. The molecule has 3 aromatic carbocycles. The van der Waals surface area contributed by atoms with Crippen LogP contribution in [0.25, 0.3) is 0 Å². The number of benzene rings is 3. The van der Waals surface area contributed by atoms with Crippen LogP contribution in [0.5, 0.6) is 11.5 Å². The molecule has 8 heteroatoms. The summed E-state index contributed by atoms with van der Waals surface area (Å²) < 4.78 is 44.0. The lowest BCUT2D eigenvalue weighted by molar-refractivity contribution is -0.137. The van der Waals surface area contributed by atoms with Crippen molar-refractivity contribution >= 4 is 11.8 Å². The minimum Gasteiger partial charge on any atom is -0.457 e. The zero-order valence-electron chi connectivity index (χ0n) is 16.3. The first-order chi connectivity index (χ1) is 14.7. The van der Waals surface area contributed by atoms with Crippen molar-refractivity contribution in [1.82, 2.24) is 5.32 Å². The van der Waals surface area contributed by atoms with E-state index in [0.29, 0.717) is 24.1 Å². The Balaban J connectivity index is 1.61. The van der Waals surface area contributed by atoms with Crippen molar-refractivity contribution in [3.8, 4) is 11.5 Å². The summed E-state index contributed by atoms with van der Waals surface area (Å²) in [5.74, 6) is -0.633. The van der Waals surface area contributed by atoms with Gasteiger partial charge < -0.3 is 15.8 Å². The third-order valence-electron chi connectivity index (χ3n) is 4.40. The molecule has 31 heavy (non-hydrogen) atoms. The zero-order valence-corrected chi connectivity index (χ0v) is 16.3. The minimum atomic E-state index is -4.47. The van der Waals surface area contributed by atoms with E-state index in [1.807, 2.05) is 6.07 Å². The fourth-order valence-electron chi connectivity index (χ4n) is 2.88. The number of nitrogens with two attached hydrogens (primary N) is 1. The summed E-state index contributed by atoms with van der Waals surface area (Å²) in [4.78, 5) is 23.6. The molecule has 0 spiro atoms. The van der Waals surface area contributed by atoms with Crippen LogP contribution in [0.3, 0.4) is 0 Å². The molecule has 0 saturated heterocycles. The quantitative estimate of drug-likeness (QED) is 0.579. The van der Waals surface area contributed by atoms with E-state index in [1.165, 1.54) is 18.2 Å². The van der Waals surface area contributed by atoms with Crippen molar-refractivity contribution in [3.05, 3.63) is 95.1 Å². The van der Waals surface area contributed by atoms with Crippen LogP contribution >= 0.6 is 0 Å². The van der Waals surface area contributed by atoms with Gasteiger partial charge in [0.05, 0.1) is 5.56 Å². The molecule has 0 aliphatic carbocycles. The standard InChI is InChI=1S/C23H19F3N2O3/c24-23(25,26)18-7-3-9-20(14-18)31-19-8-2-6-17(13-19)22(30)28-11-10-15-4-1-5-16(12-15)21(27)29/h1-9,12-14H,10-11H2,(H2,27,29)(H,28,30). The number of hydrogen-bond acceptors (Lipinski definition) is 3. The zero-order chi connectivity index (χ0) is 22.4. The molecule has 2 amide bonds. The molecular formula is C23H19F3N2O3. The summed E-state index contributed by atoms with van der Waals surface area (Å²) in [5, 5.41) is 2.76. The Kier molecular flexibility index (Phi) is 6.59. The molecule has 160 valence electrons. The Hall–Kier alpha value is -3.81. The monoisotopic (exact) mass is 428 g/mol. The summed E-state index contributed by atoms with van der Waals surface area (Å²) in [6.45, 7) is 0.319. The summed E-state index contributed by atoms with van der Waals surface area (Å²) in [5.41, 5.74) is 5.98. The Morgan fingerprint density at radius 3 is 2.23 bits per heavy atom. The predicted molar refractivity (Wildman–Crippen MR) is 109 cm³/mol. The summed E-state index contributed by atoms with van der Waals surface area (Å²) in [7, 11) is 0. The van der Waals surface area contributed by atoms with E-state index >= 15 is 0 Å². The number of halogens is 3. The Labute approximate surface area is 176 Å². The van der Waals surface area contributed by atoms with Crippen LogP contribution in [0.4, 0.5) is 13.2 Å². The van der Waals surface area contributed by atoms with Crippen molar-refractivity contribution in [2.75, 3.05) is 6.54 Å². The average molecular weight is 428 g/mol. The molecule has 0 unspecified atom stereocenters. The highest BCUT2D eigenvalue weighted by atomic mass is 19.4. The van der Waals surface area contributed by atoms with E-state index in [9.17, 15) is 22.8 Å². The first-order valence-electron chi connectivity index (χ1n) is 9.34. The molecule has 0 aliphatic heterocycles. The van der Waals surface area contributed by atoms with Gasteiger partial charge in [-0.15, -0.1) is 0 Å². The largest absolute Gasteiger partial charge is 0.457 e. The fraction of sp³-hybridized carbons (Fsp3) is 0.130. The number of carbonyl (C=O) groups is 2. The lowest BCUT2D eigenvalue weighted by Gasteiger charge is -2.11. The maximum absolute atomic E-state index is 12.8. The first-order valence-corrected chi connectivity index (χ1v) is 9.34. The van der Waals surface area contributed by atoms with Gasteiger partial charge in [-0.3, -0.25) is 9.59 Å². The maximum Gasteiger partial charge on any atom is 0.416 e. The summed E-state index contributed by atoms with van der Waals surface area (Å²) >= 11 is 0. The molecule has 3 aromatic rings. The lowest BCUT2D eigenvalue weighted by Crippen LogP contribution is -2.25. The number of alkyl halides is 3. The fourth-order valence-corrected chi connectivity index (χ4v) is 2.88. The molecule has 0 bridgehead atoms. The van der Waals surface area contributed by atoms with Gasteiger partial charge in [0, 0.05) is 17.7 Å². The Morgan fingerprint density at radius 2 is 1.52 bits per heavy atom. The highest BCUT2D eigenvalue weighted by Crippen LogP contribution is 2.32. The van der Waals surface area contributed by atoms with Crippen LogP contribution in [0, 0.1) is 0 Å². The van der Waals surface area contributed by atoms with Crippen molar-refractivity contribution in [1.29, 1.82) is 0 Å². The van der Waals surface area contributed by atoms with E-state index in [0.717, 1.165) is 17.7 Å². The van der Waals surface area contributed by atoms with E-state index < -0.39 is 17.6 Å². The highest BCUT2D eigenvalue weighted by Gasteiger charge is 2.30. The molecule has 0 fully saturated rings. The third-order valence-corrected chi connectivity index (χ3v) is 4.40. The summed E-state index contributed by atoms with van der Waals surface area (Å²) in [6, 6.07) is 17.5. The van der Waals surface area contributed by atoms with Crippen molar-refractivity contribution < 1.29 is 27.5 Å². The third kappa shape index (κ3) is 6.08. The van der Waals surface area contributed by atoms with Crippen LogP contribution in [-0.4, -0.2) is 18.4 Å². The molecule has 0 aromatic heterocycles. The van der Waals surface area contributed by atoms with E-state index in [4.69, 9.17) is 10.5 Å². The predicted octanol–water partition coefficient (Wildman–Crippen LogP) is 4.57. The van der Waals surface area contributed by atoms with Gasteiger partial charge in [0.1, 0.15) is 11.5 Å². The average Bonchev–Trinajstić information content (AvgIpc) is 2.73. The van der Waals surface area contributed by atoms with Crippen LogP contribution in [0.15, 0.2) is 72.8 Å². The Bertz CT molecular complexity index is 1100. The number of rotatable bonds is 7. The smallest absolute Gasteiger partial charge is 0.416 e. The van der Waals surface area contributed by atoms with Gasteiger partial charge in [-0.25, -0.2) is 0 Å². The Morgan fingerprint density at radius 1 is 0.871 bits per heavy atom. The first kappa shape index (κ1) is 21.9. The number of ether oxygens (including phenoxy) is 1. The second kappa shape index (κ2) is 9.34. The van der Waals surface area contributed by atoms with Crippen LogP contribution in [0.2, 0.25) is 0 Å². The van der Waals surface area contributed by atoms with Gasteiger partial charge in [-0.1, -0.05) is 24.3 Å². The topological polar surface area (TPSA) is 81.4 Å². The van der Waals surface area contributed by atoms with Gasteiger partial charge in [0.15, 0.2) is 0 Å². The van der Waals surface area contributed by atoms with Crippen molar-refractivity contribution in [2.24, 2.45) is 5.73 Å². The number of carbonyl (C=O) groups excluding carboxylic acids is 2. The molecule has 3 N–H and O–H groups in total. The van der Waals surface area contributed by atoms with E-state index in [-0.39, 0.29) is 17.4 Å². The van der Waals surface area contributed by atoms with Crippen molar-refractivity contribution in [3.63, 3.8) is 0 Å². The molecule has 0 radical (unpaired) electrons. The van der Waals surface area contributed by atoms with Crippen LogP contribution in [0.1, 0.15) is 31.8 Å². The van der Waals surface area contributed by atoms with Gasteiger partial charge >= 0.3 is 6.18 Å². The van der Waals surface area contributed by atoms with Crippen LogP contribution in [-0.2, 0) is 12.6 Å². The molecule has 3 rings (SSSR count). The normalized spacial score (nSPS) is 11.1.